The van der Waals surface area contributed by atoms with Gasteiger partial charge in [-0.25, -0.2) is 4.39 Å². The average molecular weight is 287 g/mol. The number of ether oxygens (including phenoxy) is 1. The molecule has 1 amide bonds. The molecule has 0 spiro atoms. The lowest BCUT2D eigenvalue weighted by molar-refractivity contribution is -0.120. The van der Waals surface area contributed by atoms with Gasteiger partial charge >= 0.3 is 0 Å². The van der Waals surface area contributed by atoms with E-state index < -0.39 is 0 Å². The van der Waals surface area contributed by atoms with Crippen molar-refractivity contribution in [3.05, 3.63) is 65.0 Å². The summed E-state index contributed by atoms with van der Waals surface area (Å²) in [5.41, 5.74) is 2.39. The van der Waals surface area contributed by atoms with Crippen molar-refractivity contribution in [3.8, 4) is 5.75 Å². The molecule has 2 aromatic rings. The van der Waals surface area contributed by atoms with E-state index in [-0.39, 0.29) is 11.7 Å². The first-order valence-corrected chi connectivity index (χ1v) is 6.73. The normalized spacial score (nSPS) is 10.2. The molecule has 0 bridgehead atoms. The lowest BCUT2D eigenvalue weighted by Gasteiger charge is -2.07. The predicted octanol–water partition coefficient (Wildman–Crippen LogP) is 3.00. The number of nitrogens with one attached hydrogen (secondary N) is 1. The van der Waals surface area contributed by atoms with Crippen LogP contribution in [0.4, 0.5) is 4.39 Å². The number of hydrogen-bond acceptors (Lipinski definition) is 2. The van der Waals surface area contributed by atoms with Gasteiger partial charge < -0.3 is 10.1 Å². The van der Waals surface area contributed by atoms with E-state index >= 15 is 0 Å². The van der Waals surface area contributed by atoms with Crippen LogP contribution in [0.15, 0.2) is 42.5 Å². The third-order valence-electron chi connectivity index (χ3n) is 3.24. The van der Waals surface area contributed by atoms with Gasteiger partial charge in [0.15, 0.2) is 0 Å². The second kappa shape index (κ2) is 6.88. The third kappa shape index (κ3) is 4.31. The SMILES string of the molecule is COc1ccc(CC(=O)NCc2ccc(F)c(C)c2)cc1. The highest BCUT2D eigenvalue weighted by Crippen LogP contribution is 2.12. The molecule has 0 aliphatic heterocycles. The number of aryl methyl sites for hydroxylation is 1. The number of halogens is 1. The fourth-order valence-electron chi connectivity index (χ4n) is 2.01. The van der Waals surface area contributed by atoms with Crippen LogP contribution in [0, 0.1) is 12.7 Å². The molecule has 0 aliphatic rings. The van der Waals surface area contributed by atoms with Gasteiger partial charge in [0.1, 0.15) is 11.6 Å². The van der Waals surface area contributed by atoms with Gasteiger partial charge in [-0.2, -0.15) is 0 Å². The lowest BCUT2D eigenvalue weighted by Crippen LogP contribution is -2.24. The fraction of sp³-hybridized carbons (Fsp3) is 0.235. The van der Waals surface area contributed by atoms with Crippen molar-refractivity contribution >= 4 is 5.91 Å². The summed E-state index contributed by atoms with van der Waals surface area (Å²) in [5.74, 6) is 0.464. The second-order valence-corrected chi connectivity index (χ2v) is 4.89. The Morgan fingerprint density at radius 2 is 1.81 bits per heavy atom. The number of rotatable bonds is 5. The van der Waals surface area contributed by atoms with Gasteiger partial charge in [0.2, 0.25) is 5.91 Å². The highest BCUT2D eigenvalue weighted by atomic mass is 19.1. The Bertz CT molecular complexity index is 623. The topological polar surface area (TPSA) is 38.3 Å². The standard InChI is InChI=1S/C17H18FNO2/c1-12-9-14(5-8-16(12)18)11-19-17(20)10-13-3-6-15(21-2)7-4-13/h3-9H,10-11H2,1-2H3,(H,19,20). The number of hydrogen-bond donors (Lipinski definition) is 1. The molecule has 0 fully saturated rings. The summed E-state index contributed by atoms with van der Waals surface area (Å²) in [6, 6.07) is 12.2. The minimum absolute atomic E-state index is 0.0675. The van der Waals surface area contributed by atoms with Crippen LogP contribution < -0.4 is 10.1 Å². The summed E-state index contributed by atoms with van der Waals surface area (Å²) < 4.78 is 18.2. The zero-order valence-electron chi connectivity index (χ0n) is 12.2. The average Bonchev–Trinajstić information content (AvgIpc) is 2.49. The van der Waals surface area contributed by atoms with Crippen LogP contribution >= 0.6 is 0 Å². The quantitative estimate of drug-likeness (QED) is 0.918. The molecule has 0 aromatic heterocycles. The minimum Gasteiger partial charge on any atom is -0.497 e. The summed E-state index contributed by atoms with van der Waals surface area (Å²) in [5, 5.41) is 2.83. The summed E-state index contributed by atoms with van der Waals surface area (Å²) in [6.45, 7) is 2.11. The molecule has 0 saturated carbocycles. The van der Waals surface area contributed by atoms with Crippen LogP contribution in [0.2, 0.25) is 0 Å². The third-order valence-corrected chi connectivity index (χ3v) is 3.24. The summed E-state index contributed by atoms with van der Waals surface area (Å²) >= 11 is 0. The first-order valence-electron chi connectivity index (χ1n) is 6.73. The predicted molar refractivity (Wildman–Crippen MR) is 79.7 cm³/mol. The Hall–Kier alpha value is -2.36. The summed E-state index contributed by atoms with van der Waals surface area (Å²) in [6.07, 6.45) is 0.310. The van der Waals surface area contributed by atoms with Crippen LogP contribution in [-0.4, -0.2) is 13.0 Å². The Morgan fingerprint density at radius 1 is 1.14 bits per heavy atom. The first-order chi connectivity index (χ1) is 10.1. The van der Waals surface area contributed by atoms with Crippen molar-refractivity contribution in [2.75, 3.05) is 7.11 Å². The van der Waals surface area contributed by atoms with Crippen molar-refractivity contribution in [1.29, 1.82) is 0 Å². The van der Waals surface area contributed by atoms with E-state index in [0.717, 1.165) is 16.9 Å². The monoisotopic (exact) mass is 287 g/mol. The van der Waals surface area contributed by atoms with Gasteiger partial charge in [-0.3, -0.25) is 4.79 Å². The fourth-order valence-corrected chi connectivity index (χ4v) is 2.01. The Balaban J connectivity index is 1.87. The molecule has 1 N–H and O–H groups in total. The highest BCUT2D eigenvalue weighted by Gasteiger charge is 2.05. The van der Waals surface area contributed by atoms with E-state index in [1.165, 1.54) is 6.07 Å². The van der Waals surface area contributed by atoms with Gasteiger partial charge in [0, 0.05) is 6.54 Å². The second-order valence-electron chi connectivity index (χ2n) is 4.89. The summed E-state index contributed by atoms with van der Waals surface area (Å²) in [7, 11) is 1.60. The smallest absolute Gasteiger partial charge is 0.224 e. The molecule has 2 aromatic carbocycles. The van der Waals surface area contributed by atoms with Crippen molar-refractivity contribution in [2.24, 2.45) is 0 Å². The maximum atomic E-state index is 13.1. The van der Waals surface area contributed by atoms with Crippen LogP contribution in [0.3, 0.4) is 0 Å². The molecule has 0 aliphatic carbocycles. The van der Waals surface area contributed by atoms with Crippen LogP contribution in [0.25, 0.3) is 0 Å². The molecule has 4 heteroatoms. The number of amides is 1. The van der Waals surface area contributed by atoms with Crippen LogP contribution in [0.5, 0.6) is 5.75 Å². The molecule has 0 heterocycles. The van der Waals surface area contributed by atoms with Gasteiger partial charge in [-0.15, -0.1) is 0 Å². The Labute approximate surface area is 123 Å². The molecular weight excluding hydrogens is 269 g/mol. The molecule has 0 saturated heterocycles. The van der Waals surface area contributed by atoms with E-state index in [1.807, 2.05) is 24.3 Å². The molecule has 110 valence electrons. The van der Waals surface area contributed by atoms with Crippen molar-refractivity contribution < 1.29 is 13.9 Å². The number of benzene rings is 2. The van der Waals surface area contributed by atoms with E-state index in [4.69, 9.17) is 4.74 Å². The minimum atomic E-state index is -0.233. The molecular formula is C17H18FNO2. The van der Waals surface area contributed by atoms with Gasteiger partial charge in [-0.1, -0.05) is 24.3 Å². The number of carbonyl (C=O) groups excluding carboxylic acids is 1. The molecule has 0 unspecified atom stereocenters. The van der Waals surface area contributed by atoms with Crippen LogP contribution in [0.1, 0.15) is 16.7 Å². The number of carbonyl (C=O) groups is 1. The summed E-state index contributed by atoms with van der Waals surface area (Å²) in [4.78, 5) is 11.9. The largest absolute Gasteiger partial charge is 0.497 e. The van der Waals surface area contributed by atoms with Gasteiger partial charge in [-0.05, 0) is 41.8 Å². The lowest BCUT2D eigenvalue weighted by atomic mass is 10.1. The maximum Gasteiger partial charge on any atom is 0.224 e. The van der Waals surface area contributed by atoms with Gasteiger partial charge in [0.05, 0.1) is 13.5 Å². The van der Waals surface area contributed by atoms with E-state index in [2.05, 4.69) is 5.32 Å². The van der Waals surface area contributed by atoms with Gasteiger partial charge in [0.25, 0.3) is 0 Å². The number of methoxy groups -OCH3 is 1. The van der Waals surface area contributed by atoms with Crippen molar-refractivity contribution in [1.82, 2.24) is 5.32 Å². The zero-order chi connectivity index (χ0) is 15.2. The van der Waals surface area contributed by atoms with Crippen LogP contribution in [-0.2, 0) is 17.8 Å². The molecule has 21 heavy (non-hydrogen) atoms. The maximum absolute atomic E-state index is 13.1. The molecule has 0 radical (unpaired) electrons. The molecule has 3 nitrogen and oxygen atoms in total. The molecule has 0 atom stereocenters. The van der Waals surface area contributed by atoms with E-state index in [9.17, 15) is 9.18 Å². The zero-order valence-corrected chi connectivity index (χ0v) is 12.2. The van der Waals surface area contributed by atoms with E-state index in [1.54, 1.807) is 26.2 Å². The van der Waals surface area contributed by atoms with Crippen molar-refractivity contribution in [2.45, 2.75) is 19.9 Å². The Kier molecular flexibility index (Phi) is 4.93. The Morgan fingerprint density at radius 3 is 2.43 bits per heavy atom. The van der Waals surface area contributed by atoms with Crippen molar-refractivity contribution in [3.63, 3.8) is 0 Å². The first kappa shape index (κ1) is 15.0. The van der Waals surface area contributed by atoms with E-state index in [0.29, 0.717) is 18.5 Å². The highest BCUT2D eigenvalue weighted by molar-refractivity contribution is 5.78. The molecule has 2 rings (SSSR count).